The van der Waals surface area contributed by atoms with Crippen LogP contribution in [0.4, 0.5) is 10.1 Å². The number of nitriles is 1. The van der Waals surface area contributed by atoms with Gasteiger partial charge in [-0.05, 0) is 31.9 Å². The molecule has 0 aliphatic rings. The van der Waals surface area contributed by atoms with Gasteiger partial charge in [-0.1, -0.05) is 30.3 Å². The molecule has 3 heterocycles. The molecule has 38 heavy (non-hydrogen) atoms. The first-order valence-electron chi connectivity index (χ1n) is 12.0. The van der Waals surface area contributed by atoms with Gasteiger partial charge in [0.05, 0.1) is 65.3 Å². The minimum Gasteiger partial charge on any atom is -0.394 e. The number of pyridine rings is 1. The third-order valence-corrected chi connectivity index (χ3v) is 6.02. The Balaban J connectivity index is 1.68. The van der Waals surface area contributed by atoms with Crippen LogP contribution in [0.15, 0.2) is 61.2 Å². The fourth-order valence-electron chi connectivity index (χ4n) is 3.82. The number of rotatable bonds is 10. The summed E-state index contributed by atoms with van der Waals surface area (Å²) >= 11 is 0. The van der Waals surface area contributed by atoms with Crippen molar-refractivity contribution in [2.75, 3.05) is 18.5 Å². The minimum absolute atomic E-state index is 0.138. The number of aromatic nitrogens is 4. The van der Waals surface area contributed by atoms with Gasteiger partial charge in [0.2, 0.25) is 0 Å². The zero-order valence-electron chi connectivity index (χ0n) is 21.0. The second kappa shape index (κ2) is 11.3. The molecule has 0 bridgehead atoms. The Labute approximate surface area is 218 Å². The molecule has 4 N–H and O–H groups in total. The SMILES string of the molecule is CC(C)(O)[C@H](F)CNC(=O)c1cnc(-c2cnn3cc(C#N)cnc23)cc1N[C@@H](CO)Cc1ccccc1. The van der Waals surface area contributed by atoms with E-state index in [1.165, 1.54) is 30.8 Å². The smallest absolute Gasteiger partial charge is 0.255 e. The summed E-state index contributed by atoms with van der Waals surface area (Å²) in [6, 6.07) is 12.8. The molecule has 0 spiro atoms. The molecule has 4 rings (SSSR count). The largest absolute Gasteiger partial charge is 0.394 e. The van der Waals surface area contributed by atoms with Crippen LogP contribution in [0.1, 0.15) is 35.3 Å². The van der Waals surface area contributed by atoms with Crippen molar-refractivity contribution in [1.82, 2.24) is 24.9 Å². The molecule has 1 aromatic carbocycles. The van der Waals surface area contributed by atoms with Crippen molar-refractivity contribution in [2.24, 2.45) is 0 Å². The van der Waals surface area contributed by atoms with Crippen LogP contribution in [0.3, 0.4) is 0 Å². The van der Waals surface area contributed by atoms with Crippen molar-refractivity contribution in [3.8, 4) is 17.3 Å². The summed E-state index contributed by atoms with van der Waals surface area (Å²) < 4.78 is 15.7. The van der Waals surface area contributed by atoms with Gasteiger partial charge in [-0.15, -0.1) is 0 Å². The normalized spacial score (nSPS) is 13.1. The van der Waals surface area contributed by atoms with Crippen LogP contribution in [-0.4, -0.2) is 66.7 Å². The highest BCUT2D eigenvalue weighted by molar-refractivity contribution is 6.00. The summed E-state index contributed by atoms with van der Waals surface area (Å²) in [6.07, 6.45) is 4.69. The number of hydrogen-bond acceptors (Lipinski definition) is 8. The fourth-order valence-corrected chi connectivity index (χ4v) is 3.82. The number of carbonyl (C=O) groups is 1. The number of nitrogens with one attached hydrogen (secondary N) is 2. The van der Waals surface area contributed by atoms with Crippen molar-refractivity contribution in [3.63, 3.8) is 0 Å². The van der Waals surface area contributed by atoms with Gasteiger partial charge in [0.1, 0.15) is 12.2 Å². The third kappa shape index (κ3) is 6.11. The van der Waals surface area contributed by atoms with Crippen LogP contribution in [-0.2, 0) is 6.42 Å². The molecule has 0 saturated heterocycles. The molecular formula is C27H28FN7O3. The number of amides is 1. The molecule has 1 amide bonds. The van der Waals surface area contributed by atoms with Crippen LogP contribution in [0.2, 0.25) is 0 Å². The van der Waals surface area contributed by atoms with Gasteiger partial charge < -0.3 is 20.8 Å². The zero-order chi connectivity index (χ0) is 27.3. The van der Waals surface area contributed by atoms with E-state index < -0.39 is 30.3 Å². The lowest BCUT2D eigenvalue weighted by Gasteiger charge is -2.23. The summed E-state index contributed by atoms with van der Waals surface area (Å²) in [5.41, 5.74) is 1.72. The van der Waals surface area contributed by atoms with Gasteiger partial charge in [0.25, 0.3) is 5.91 Å². The van der Waals surface area contributed by atoms with Gasteiger partial charge >= 0.3 is 0 Å². The van der Waals surface area contributed by atoms with Crippen molar-refractivity contribution in [3.05, 3.63) is 77.9 Å². The first-order chi connectivity index (χ1) is 18.2. The summed E-state index contributed by atoms with van der Waals surface area (Å²) in [7, 11) is 0. The average molecular weight is 518 g/mol. The predicted molar refractivity (Wildman–Crippen MR) is 139 cm³/mol. The van der Waals surface area contributed by atoms with Crippen LogP contribution in [0.5, 0.6) is 0 Å². The van der Waals surface area contributed by atoms with E-state index in [9.17, 15) is 19.4 Å². The number of aliphatic hydroxyl groups excluding tert-OH is 1. The Morgan fingerprint density at radius 2 is 1.97 bits per heavy atom. The number of carbonyl (C=O) groups excluding carboxylic acids is 1. The topological polar surface area (TPSA) is 148 Å². The Bertz CT molecular complexity index is 1460. The molecule has 0 unspecified atom stereocenters. The lowest BCUT2D eigenvalue weighted by molar-refractivity contribution is -0.00177. The Morgan fingerprint density at radius 1 is 1.21 bits per heavy atom. The van der Waals surface area contributed by atoms with Crippen LogP contribution in [0, 0.1) is 11.3 Å². The number of fused-ring (bicyclic) bond motifs is 1. The summed E-state index contributed by atoms with van der Waals surface area (Å²) in [6.45, 7) is 2.04. The highest BCUT2D eigenvalue weighted by Crippen LogP contribution is 2.27. The molecule has 10 nitrogen and oxygen atoms in total. The Kier molecular flexibility index (Phi) is 7.95. The lowest BCUT2D eigenvalue weighted by Crippen LogP contribution is -2.42. The van der Waals surface area contributed by atoms with E-state index in [0.717, 1.165) is 5.56 Å². The third-order valence-electron chi connectivity index (χ3n) is 6.02. The molecule has 3 aromatic heterocycles. The minimum atomic E-state index is -1.68. The van der Waals surface area contributed by atoms with Gasteiger partial charge in [-0.2, -0.15) is 10.4 Å². The van der Waals surface area contributed by atoms with E-state index in [1.54, 1.807) is 18.5 Å². The second-order valence-corrected chi connectivity index (χ2v) is 9.44. The molecule has 0 aliphatic carbocycles. The standard InChI is InChI=1S/C27H28FN7O3/c1-27(2,38)24(28)14-32-26(37)21-12-30-22(20-13-33-35-15-18(10-29)11-31-25(20)35)9-23(21)34-19(16-36)8-17-6-4-3-5-7-17/h3-7,9,11-13,15,19,24,36,38H,8,14,16H2,1-2H3,(H,30,34)(H,32,37)/t19-,24-/m1/s1. The molecule has 2 atom stereocenters. The van der Waals surface area contributed by atoms with Gasteiger partial charge in [-0.3, -0.25) is 9.78 Å². The van der Waals surface area contributed by atoms with Crippen LogP contribution in [0.25, 0.3) is 16.9 Å². The number of anilines is 1. The van der Waals surface area contributed by atoms with Gasteiger partial charge in [-0.25, -0.2) is 13.9 Å². The van der Waals surface area contributed by atoms with Crippen molar-refractivity contribution in [2.45, 2.75) is 38.1 Å². The highest BCUT2D eigenvalue weighted by atomic mass is 19.1. The summed E-state index contributed by atoms with van der Waals surface area (Å²) in [4.78, 5) is 21.8. The molecule has 196 valence electrons. The first kappa shape index (κ1) is 26.7. The average Bonchev–Trinajstić information content (AvgIpc) is 3.34. The zero-order valence-corrected chi connectivity index (χ0v) is 21.0. The monoisotopic (exact) mass is 517 g/mol. The molecule has 0 radical (unpaired) electrons. The summed E-state index contributed by atoms with van der Waals surface area (Å²) in [5.74, 6) is -0.591. The van der Waals surface area contributed by atoms with E-state index in [2.05, 4.69) is 25.7 Å². The number of aliphatic hydroxyl groups is 2. The Hall–Kier alpha value is -4.40. The number of alkyl halides is 1. The summed E-state index contributed by atoms with van der Waals surface area (Å²) in [5, 5.41) is 39.1. The number of hydrogen-bond donors (Lipinski definition) is 4. The van der Waals surface area contributed by atoms with Crippen LogP contribution < -0.4 is 10.6 Å². The fraction of sp³-hybridized carbons (Fsp3) is 0.296. The van der Waals surface area contributed by atoms with Crippen molar-refractivity contribution < 1.29 is 19.4 Å². The maximum absolute atomic E-state index is 14.3. The molecule has 0 aliphatic heterocycles. The molecule has 4 aromatic rings. The van der Waals surface area contributed by atoms with Gasteiger partial charge in [0.15, 0.2) is 5.65 Å². The number of nitrogens with zero attached hydrogens (tertiary/aromatic N) is 5. The van der Waals surface area contributed by atoms with E-state index in [1.807, 2.05) is 36.4 Å². The van der Waals surface area contributed by atoms with Crippen molar-refractivity contribution >= 4 is 17.2 Å². The van der Waals surface area contributed by atoms with Crippen molar-refractivity contribution in [1.29, 1.82) is 5.26 Å². The second-order valence-electron chi connectivity index (χ2n) is 9.44. The predicted octanol–water partition coefficient (Wildman–Crippen LogP) is 2.52. The first-order valence-corrected chi connectivity index (χ1v) is 12.0. The van der Waals surface area contributed by atoms with Gasteiger partial charge in [0, 0.05) is 12.4 Å². The van der Waals surface area contributed by atoms with E-state index in [-0.39, 0.29) is 12.2 Å². The molecular weight excluding hydrogens is 489 g/mol. The van der Waals surface area contributed by atoms with E-state index in [0.29, 0.717) is 34.6 Å². The van der Waals surface area contributed by atoms with E-state index in [4.69, 9.17) is 5.26 Å². The molecule has 0 saturated carbocycles. The molecule has 11 heteroatoms. The lowest BCUT2D eigenvalue weighted by atomic mass is 10.0. The number of halogens is 1. The van der Waals surface area contributed by atoms with E-state index >= 15 is 0 Å². The molecule has 0 fully saturated rings. The quantitative estimate of drug-likeness (QED) is 0.251. The maximum atomic E-state index is 14.3. The highest BCUT2D eigenvalue weighted by Gasteiger charge is 2.27. The van der Waals surface area contributed by atoms with Crippen LogP contribution >= 0.6 is 0 Å². The Morgan fingerprint density at radius 3 is 2.66 bits per heavy atom. The maximum Gasteiger partial charge on any atom is 0.255 e. The number of benzene rings is 1.